The van der Waals surface area contributed by atoms with Crippen molar-refractivity contribution in [3.63, 3.8) is 0 Å². The highest BCUT2D eigenvalue weighted by Crippen LogP contribution is 2.38. The zero-order chi connectivity index (χ0) is 17.8. The van der Waals surface area contributed by atoms with E-state index >= 15 is 0 Å². The van der Waals surface area contributed by atoms with Gasteiger partial charge in [0.25, 0.3) is 0 Å². The van der Waals surface area contributed by atoms with Gasteiger partial charge in [0.2, 0.25) is 5.75 Å². The molecule has 130 valence electrons. The molecular formula is C18H17NO5S. The first-order chi connectivity index (χ1) is 12.2. The topological polar surface area (TPSA) is 66.9 Å². The molecule has 6 nitrogen and oxygen atoms in total. The van der Waals surface area contributed by atoms with Crippen LogP contribution < -0.4 is 14.2 Å². The number of aromatic nitrogens is 1. The molecule has 0 unspecified atom stereocenters. The standard InChI is InChI=1S/C18H17NO5S/c1-21-13-8-11(9-14(22-2)17(13)23-3)18(20)24-10-16-19-12-6-4-5-7-15(12)25-16/h4-9H,10H2,1-3H3. The zero-order valence-electron chi connectivity index (χ0n) is 14.1. The van der Waals surface area contributed by atoms with Crippen LogP contribution in [0, 0.1) is 0 Å². The van der Waals surface area contributed by atoms with Gasteiger partial charge in [0.15, 0.2) is 11.5 Å². The van der Waals surface area contributed by atoms with E-state index in [0.29, 0.717) is 22.8 Å². The van der Waals surface area contributed by atoms with Gasteiger partial charge in [-0.05, 0) is 24.3 Å². The van der Waals surface area contributed by atoms with Crippen molar-refractivity contribution in [2.24, 2.45) is 0 Å². The molecule has 3 rings (SSSR count). The van der Waals surface area contributed by atoms with Crippen LogP contribution in [0.4, 0.5) is 0 Å². The fourth-order valence-corrected chi connectivity index (χ4v) is 3.27. The Labute approximate surface area is 148 Å². The number of methoxy groups -OCH3 is 3. The predicted octanol–water partition coefficient (Wildman–Crippen LogP) is 3.68. The Morgan fingerprint density at radius 2 is 1.72 bits per heavy atom. The van der Waals surface area contributed by atoms with E-state index in [9.17, 15) is 4.79 Å². The van der Waals surface area contributed by atoms with E-state index < -0.39 is 5.97 Å². The highest BCUT2D eigenvalue weighted by molar-refractivity contribution is 7.18. The number of thiazole rings is 1. The summed E-state index contributed by atoms with van der Waals surface area (Å²) in [6.45, 7) is 0.106. The van der Waals surface area contributed by atoms with Gasteiger partial charge in [-0.3, -0.25) is 0 Å². The summed E-state index contributed by atoms with van der Waals surface area (Å²) in [6, 6.07) is 10.9. The number of ether oxygens (including phenoxy) is 4. The molecule has 25 heavy (non-hydrogen) atoms. The predicted molar refractivity (Wildman–Crippen MR) is 94.8 cm³/mol. The lowest BCUT2D eigenvalue weighted by Gasteiger charge is -2.13. The van der Waals surface area contributed by atoms with E-state index in [4.69, 9.17) is 18.9 Å². The quantitative estimate of drug-likeness (QED) is 0.626. The number of fused-ring (bicyclic) bond motifs is 1. The highest BCUT2D eigenvalue weighted by atomic mass is 32.1. The van der Waals surface area contributed by atoms with Crippen LogP contribution in [0.2, 0.25) is 0 Å². The molecule has 0 radical (unpaired) electrons. The molecule has 7 heteroatoms. The number of hydrogen-bond donors (Lipinski definition) is 0. The molecule has 0 aliphatic carbocycles. The minimum atomic E-state index is -0.487. The van der Waals surface area contributed by atoms with E-state index in [1.54, 1.807) is 12.1 Å². The Morgan fingerprint density at radius 1 is 1.04 bits per heavy atom. The van der Waals surface area contributed by atoms with Gasteiger partial charge in [0, 0.05) is 0 Å². The Kier molecular flexibility index (Phi) is 5.04. The second-order valence-electron chi connectivity index (χ2n) is 5.07. The Bertz CT molecular complexity index is 847. The number of nitrogens with zero attached hydrogens (tertiary/aromatic N) is 1. The lowest BCUT2D eigenvalue weighted by Crippen LogP contribution is -2.07. The van der Waals surface area contributed by atoms with Crippen LogP contribution in [-0.2, 0) is 11.3 Å². The summed E-state index contributed by atoms with van der Waals surface area (Å²) in [4.78, 5) is 16.8. The van der Waals surface area contributed by atoms with Crippen molar-refractivity contribution in [3.8, 4) is 17.2 Å². The number of benzene rings is 2. The summed E-state index contributed by atoms with van der Waals surface area (Å²) in [5, 5.41) is 0.738. The lowest BCUT2D eigenvalue weighted by molar-refractivity contribution is 0.0471. The third kappa shape index (κ3) is 3.51. The van der Waals surface area contributed by atoms with E-state index in [2.05, 4.69) is 4.98 Å². The second-order valence-corrected chi connectivity index (χ2v) is 6.18. The monoisotopic (exact) mass is 359 g/mol. The molecule has 0 bridgehead atoms. The Balaban J connectivity index is 1.78. The van der Waals surface area contributed by atoms with Crippen molar-refractivity contribution in [3.05, 3.63) is 47.0 Å². The van der Waals surface area contributed by atoms with Gasteiger partial charge in [-0.1, -0.05) is 12.1 Å². The molecule has 3 aromatic rings. The van der Waals surface area contributed by atoms with E-state index in [-0.39, 0.29) is 6.61 Å². The largest absolute Gasteiger partial charge is 0.493 e. The molecule has 0 N–H and O–H groups in total. The Morgan fingerprint density at radius 3 is 2.32 bits per heavy atom. The van der Waals surface area contributed by atoms with Gasteiger partial charge in [-0.25, -0.2) is 9.78 Å². The van der Waals surface area contributed by atoms with Crippen molar-refractivity contribution in [2.75, 3.05) is 21.3 Å². The number of para-hydroxylation sites is 1. The summed E-state index contributed by atoms with van der Waals surface area (Å²) in [7, 11) is 4.49. The first-order valence-electron chi connectivity index (χ1n) is 7.48. The number of rotatable bonds is 6. The summed E-state index contributed by atoms with van der Waals surface area (Å²) in [5.41, 5.74) is 1.21. The van der Waals surface area contributed by atoms with Crippen molar-refractivity contribution < 1.29 is 23.7 Å². The molecule has 0 fully saturated rings. The summed E-state index contributed by atoms with van der Waals surface area (Å²) >= 11 is 1.50. The smallest absolute Gasteiger partial charge is 0.338 e. The normalized spacial score (nSPS) is 10.5. The number of carbonyl (C=O) groups is 1. The van der Waals surface area contributed by atoms with Gasteiger partial charge in [0.1, 0.15) is 11.6 Å². The van der Waals surface area contributed by atoms with E-state index in [1.165, 1.54) is 32.7 Å². The van der Waals surface area contributed by atoms with Crippen LogP contribution >= 0.6 is 11.3 Å². The number of esters is 1. The van der Waals surface area contributed by atoms with Crippen LogP contribution in [0.25, 0.3) is 10.2 Å². The number of hydrogen-bond acceptors (Lipinski definition) is 7. The highest BCUT2D eigenvalue weighted by Gasteiger charge is 2.18. The maximum Gasteiger partial charge on any atom is 0.338 e. The van der Waals surface area contributed by atoms with Gasteiger partial charge < -0.3 is 18.9 Å². The van der Waals surface area contributed by atoms with Crippen LogP contribution in [0.15, 0.2) is 36.4 Å². The molecule has 1 heterocycles. The van der Waals surface area contributed by atoms with Crippen LogP contribution in [-0.4, -0.2) is 32.3 Å². The summed E-state index contributed by atoms with van der Waals surface area (Å²) in [6.07, 6.45) is 0. The molecule has 0 aliphatic rings. The van der Waals surface area contributed by atoms with E-state index in [0.717, 1.165) is 15.2 Å². The zero-order valence-corrected chi connectivity index (χ0v) is 14.9. The van der Waals surface area contributed by atoms with Crippen molar-refractivity contribution in [2.45, 2.75) is 6.61 Å². The van der Waals surface area contributed by atoms with Crippen LogP contribution in [0.5, 0.6) is 17.2 Å². The molecule has 0 saturated carbocycles. The summed E-state index contributed by atoms with van der Waals surface area (Å²) in [5.74, 6) is 0.730. The summed E-state index contributed by atoms with van der Waals surface area (Å²) < 4.78 is 22.2. The van der Waals surface area contributed by atoms with Crippen LogP contribution in [0.3, 0.4) is 0 Å². The average Bonchev–Trinajstić information content (AvgIpc) is 3.07. The minimum absolute atomic E-state index is 0.106. The van der Waals surface area contributed by atoms with E-state index in [1.807, 2.05) is 24.3 Å². The van der Waals surface area contributed by atoms with Crippen molar-refractivity contribution in [1.82, 2.24) is 4.98 Å². The fraction of sp³-hybridized carbons (Fsp3) is 0.222. The molecule has 0 amide bonds. The SMILES string of the molecule is COc1cc(C(=O)OCc2nc3ccccc3s2)cc(OC)c1OC. The third-order valence-corrected chi connectivity index (χ3v) is 4.58. The van der Waals surface area contributed by atoms with Gasteiger partial charge in [-0.15, -0.1) is 11.3 Å². The second kappa shape index (κ2) is 7.40. The maximum absolute atomic E-state index is 12.4. The third-order valence-electron chi connectivity index (χ3n) is 3.57. The molecule has 0 atom stereocenters. The molecule has 0 aliphatic heterocycles. The number of carbonyl (C=O) groups excluding carboxylic acids is 1. The molecule has 1 aromatic heterocycles. The first kappa shape index (κ1) is 17.0. The molecular weight excluding hydrogens is 342 g/mol. The molecule has 2 aromatic carbocycles. The molecule has 0 spiro atoms. The van der Waals surface area contributed by atoms with Crippen molar-refractivity contribution in [1.29, 1.82) is 0 Å². The van der Waals surface area contributed by atoms with Crippen LogP contribution in [0.1, 0.15) is 15.4 Å². The lowest BCUT2D eigenvalue weighted by atomic mass is 10.2. The minimum Gasteiger partial charge on any atom is -0.493 e. The molecule has 0 saturated heterocycles. The van der Waals surface area contributed by atoms with Gasteiger partial charge >= 0.3 is 5.97 Å². The van der Waals surface area contributed by atoms with Crippen molar-refractivity contribution >= 4 is 27.5 Å². The maximum atomic E-state index is 12.4. The average molecular weight is 359 g/mol. The first-order valence-corrected chi connectivity index (χ1v) is 8.29. The fourth-order valence-electron chi connectivity index (χ4n) is 2.39. The Hall–Kier alpha value is -2.80. The van der Waals surface area contributed by atoms with Gasteiger partial charge in [-0.2, -0.15) is 0 Å². The van der Waals surface area contributed by atoms with Gasteiger partial charge in [0.05, 0.1) is 37.1 Å².